The van der Waals surface area contributed by atoms with E-state index in [4.69, 9.17) is 5.73 Å². The molecule has 0 aliphatic heterocycles. The molecule has 0 saturated heterocycles. The van der Waals surface area contributed by atoms with Gasteiger partial charge >= 0.3 is 0 Å². The summed E-state index contributed by atoms with van der Waals surface area (Å²) in [6.45, 7) is 2.91. The highest BCUT2D eigenvalue weighted by Crippen LogP contribution is 2.12. The lowest BCUT2D eigenvalue weighted by Crippen LogP contribution is -2.07. The van der Waals surface area contributed by atoms with Crippen molar-refractivity contribution in [1.82, 2.24) is 5.32 Å². The molecule has 0 aliphatic rings. The van der Waals surface area contributed by atoms with Gasteiger partial charge in [0.15, 0.2) is 0 Å². The van der Waals surface area contributed by atoms with E-state index in [9.17, 15) is 0 Å². The molecule has 3 N–H and O–H groups in total. The molecule has 0 heterocycles. The van der Waals surface area contributed by atoms with Gasteiger partial charge in [0.25, 0.3) is 0 Å². The van der Waals surface area contributed by atoms with Crippen LogP contribution >= 0.6 is 0 Å². The maximum atomic E-state index is 5.74. The van der Waals surface area contributed by atoms with E-state index in [1.54, 1.807) is 0 Å². The van der Waals surface area contributed by atoms with Crippen molar-refractivity contribution in [3.63, 3.8) is 0 Å². The molecular formula is C9H14N2. The van der Waals surface area contributed by atoms with Gasteiger partial charge in [-0.3, -0.25) is 0 Å². The molecule has 0 unspecified atom stereocenters. The molecular weight excluding hydrogens is 136 g/mol. The number of anilines is 1. The Labute approximate surface area is 67.4 Å². The van der Waals surface area contributed by atoms with Gasteiger partial charge in [-0.25, -0.2) is 0 Å². The molecule has 0 radical (unpaired) electrons. The van der Waals surface area contributed by atoms with E-state index in [0.29, 0.717) is 0 Å². The second-order valence-electron chi connectivity index (χ2n) is 2.73. The van der Waals surface area contributed by atoms with Gasteiger partial charge < -0.3 is 11.1 Å². The van der Waals surface area contributed by atoms with Gasteiger partial charge in [-0.15, -0.1) is 0 Å². The SMILES string of the molecule is CNCc1cc(C)ccc1N. The Morgan fingerprint density at radius 1 is 1.45 bits per heavy atom. The second-order valence-corrected chi connectivity index (χ2v) is 2.73. The number of aryl methyl sites for hydroxylation is 1. The van der Waals surface area contributed by atoms with Gasteiger partial charge in [0.2, 0.25) is 0 Å². The molecule has 1 aromatic carbocycles. The van der Waals surface area contributed by atoms with Crippen LogP contribution in [0.5, 0.6) is 0 Å². The predicted molar refractivity (Wildman–Crippen MR) is 48.4 cm³/mol. The zero-order chi connectivity index (χ0) is 8.27. The maximum absolute atomic E-state index is 5.74. The van der Waals surface area contributed by atoms with Crippen molar-refractivity contribution < 1.29 is 0 Å². The van der Waals surface area contributed by atoms with Crippen LogP contribution in [0.1, 0.15) is 11.1 Å². The number of hydrogen-bond donors (Lipinski definition) is 2. The molecule has 0 aromatic heterocycles. The molecule has 2 heteroatoms. The Balaban J connectivity index is 2.93. The highest BCUT2D eigenvalue weighted by Gasteiger charge is 1.96. The quantitative estimate of drug-likeness (QED) is 0.623. The summed E-state index contributed by atoms with van der Waals surface area (Å²) in [6, 6.07) is 6.07. The van der Waals surface area contributed by atoms with Crippen molar-refractivity contribution in [2.24, 2.45) is 0 Å². The first kappa shape index (κ1) is 8.08. The minimum absolute atomic E-state index is 0.841. The number of nitrogen functional groups attached to an aromatic ring is 1. The van der Waals surface area contributed by atoms with Crippen LogP contribution in [0.15, 0.2) is 18.2 Å². The average Bonchev–Trinajstić information content (AvgIpc) is 1.98. The lowest BCUT2D eigenvalue weighted by atomic mass is 10.1. The van der Waals surface area contributed by atoms with Crippen LogP contribution in [0.4, 0.5) is 5.69 Å². The summed E-state index contributed by atoms with van der Waals surface area (Å²) in [7, 11) is 1.92. The van der Waals surface area contributed by atoms with Crippen molar-refractivity contribution in [2.45, 2.75) is 13.5 Å². The monoisotopic (exact) mass is 150 g/mol. The third-order valence-corrected chi connectivity index (χ3v) is 1.67. The lowest BCUT2D eigenvalue weighted by molar-refractivity contribution is 0.819. The summed E-state index contributed by atoms with van der Waals surface area (Å²) in [4.78, 5) is 0. The molecule has 1 rings (SSSR count). The minimum Gasteiger partial charge on any atom is -0.398 e. The van der Waals surface area contributed by atoms with Crippen LogP contribution in [0.3, 0.4) is 0 Å². The molecule has 0 fully saturated rings. The molecule has 1 aromatic rings. The summed E-state index contributed by atoms with van der Waals surface area (Å²) in [5, 5.41) is 3.07. The number of hydrogen-bond acceptors (Lipinski definition) is 2. The van der Waals surface area contributed by atoms with Crippen molar-refractivity contribution in [3.8, 4) is 0 Å². The maximum Gasteiger partial charge on any atom is 0.0359 e. The number of benzene rings is 1. The molecule has 0 spiro atoms. The number of nitrogens with two attached hydrogens (primary N) is 1. The molecule has 0 atom stereocenters. The lowest BCUT2D eigenvalue weighted by Gasteiger charge is -2.04. The van der Waals surface area contributed by atoms with Gasteiger partial charge in [0, 0.05) is 12.2 Å². The van der Waals surface area contributed by atoms with Crippen LogP contribution < -0.4 is 11.1 Å². The van der Waals surface area contributed by atoms with E-state index in [0.717, 1.165) is 12.2 Å². The van der Waals surface area contributed by atoms with Gasteiger partial charge in [0.1, 0.15) is 0 Å². The fourth-order valence-corrected chi connectivity index (χ4v) is 1.08. The van der Waals surface area contributed by atoms with E-state index < -0.39 is 0 Å². The third-order valence-electron chi connectivity index (χ3n) is 1.67. The zero-order valence-electron chi connectivity index (χ0n) is 7.02. The molecule has 60 valence electrons. The molecule has 0 saturated carbocycles. The van der Waals surface area contributed by atoms with E-state index in [2.05, 4.69) is 18.3 Å². The van der Waals surface area contributed by atoms with Crippen molar-refractivity contribution >= 4 is 5.69 Å². The van der Waals surface area contributed by atoms with Crippen LogP contribution in [-0.2, 0) is 6.54 Å². The fourth-order valence-electron chi connectivity index (χ4n) is 1.08. The second kappa shape index (κ2) is 3.39. The summed E-state index contributed by atoms with van der Waals surface area (Å²) in [5.74, 6) is 0. The Morgan fingerprint density at radius 2 is 2.18 bits per heavy atom. The predicted octanol–water partition coefficient (Wildman–Crippen LogP) is 1.30. The van der Waals surface area contributed by atoms with Gasteiger partial charge in [0.05, 0.1) is 0 Å². The number of nitrogens with one attached hydrogen (secondary N) is 1. The smallest absolute Gasteiger partial charge is 0.0359 e. The van der Waals surface area contributed by atoms with Crippen molar-refractivity contribution in [2.75, 3.05) is 12.8 Å². The van der Waals surface area contributed by atoms with Crippen molar-refractivity contribution in [3.05, 3.63) is 29.3 Å². The third kappa shape index (κ3) is 1.95. The standard InChI is InChI=1S/C9H14N2/c1-7-3-4-9(10)8(5-7)6-11-2/h3-5,11H,6,10H2,1-2H3. The first-order chi connectivity index (χ1) is 5.24. The topological polar surface area (TPSA) is 38.0 Å². The minimum atomic E-state index is 0.841. The molecule has 11 heavy (non-hydrogen) atoms. The van der Waals surface area contributed by atoms with E-state index in [1.807, 2.05) is 19.2 Å². The Morgan fingerprint density at radius 3 is 2.82 bits per heavy atom. The van der Waals surface area contributed by atoms with Gasteiger partial charge in [-0.2, -0.15) is 0 Å². The Bertz CT molecular complexity index is 243. The summed E-state index contributed by atoms with van der Waals surface area (Å²) >= 11 is 0. The number of rotatable bonds is 2. The Kier molecular flexibility index (Phi) is 2.49. The average molecular weight is 150 g/mol. The first-order valence-corrected chi connectivity index (χ1v) is 3.73. The first-order valence-electron chi connectivity index (χ1n) is 3.73. The highest BCUT2D eigenvalue weighted by molar-refractivity contribution is 5.48. The largest absolute Gasteiger partial charge is 0.398 e. The summed E-state index contributed by atoms with van der Waals surface area (Å²) < 4.78 is 0. The highest BCUT2D eigenvalue weighted by atomic mass is 14.8. The molecule has 0 bridgehead atoms. The normalized spacial score (nSPS) is 10.0. The van der Waals surface area contributed by atoms with Gasteiger partial charge in [-0.1, -0.05) is 17.7 Å². The molecule has 2 nitrogen and oxygen atoms in total. The summed E-state index contributed by atoms with van der Waals surface area (Å²) in [5.41, 5.74) is 9.03. The van der Waals surface area contributed by atoms with Crippen LogP contribution in [0, 0.1) is 6.92 Å². The van der Waals surface area contributed by atoms with Crippen LogP contribution in [-0.4, -0.2) is 7.05 Å². The van der Waals surface area contributed by atoms with E-state index >= 15 is 0 Å². The molecule has 0 aliphatic carbocycles. The summed E-state index contributed by atoms with van der Waals surface area (Å²) in [6.07, 6.45) is 0. The van der Waals surface area contributed by atoms with Crippen LogP contribution in [0.2, 0.25) is 0 Å². The molecule has 0 amide bonds. The van der Waals surface area contributed by atoms with Crippen molar-refractivity contribution in [1.29, 1.82) is 0 Å². The Hall–Kier alpha value is -1.02. The zero-order valence-corrected chi connectivity index (χ0v) is 7.02. The van der Waals surface area contributed by atoms with Gasteiger partial charge in [-0.05, 0) is 25.6 Å². The van der Waals surface area contributed by atoms with E-state index in [-0.39, 0.29) is 0 Å². The fraction of sp³-hybridized carbons (Fsp3) is 0.333. The van der Waals surface area contributed by atoms with Crippen LogP contribution in [0.25, 0.3) is 0 Å². The van der Waals surface area contributed by atoms with E-state index in [1.165, 1.54) is 11.1 Å².